The van der Waals surface area contributed by atoms with Crippen LogP contribution < -0.4 is 4.74 Å². The molecule has 46 heavy (non-hydrogen) atoms. The van der Waals surface area contributed by atoms with E-state index in [1.54, 1.807) is 0 Å². The molecule has 6 heteroatoms. The number of pyridine rings is 1. The van der Waals surface area contributed by atoms with E-state index in [0.29, 0.717) is 11.5 Å². The summed E-state index contributed by atoms with van der Waals surface area (Å²) in [5.41, 5.74) is 9.79. The number of rotatable bonds is 6. The zero-order chi connectivity index (χ0) is 31.3. The molecule has 0 radical (unpaired) electrons. The van der Waals surface area contributed by atoms with Crippen LogP contribution in [-0.4, -0.2) is 19.3 Å². The first-order valence-electron chi connectivity index (χ1n) is 15.5. The Kier molecular flexibility index (Phi) is 8.48. The minimum atomic E-state index is 0. The topological polar surface area (TPSA) is 44.9 Å². The van der Waals surface area contributed by atoms with Gasteiger partial charge in [0.2, 0.25) is 0 Å². The summed E-state index contributed by atoms with van der Waals surface area (Å²) >= 11 is 0. The molecule has 232 valence electrons. The Hall–Kier alpha value is -4.47. The summed E-state index contributed by atoms with van der Waals surface area (Å²) < 4.78 is 10.5. The van der Waals surface area contributed by atoms with Crippen LogP contribution in [0, 0.1) is 26.0 Å². The van der Waals surface area contributed by atoms with E-state index in [2.05, 4.69) is 125 Å². The maximum absolute atomic E-state index is 6.41. The van der Waals surface area contributed by atoms with Gasteiger partial charge in [0, 0.05) is 34.5 Å². The summed E-state index contributed by atoms with van der Waals surface area (Å²) in [4.78, 5) is 4.73. The number of ether oxygens (including phenoxy) is 1. The van der Waals surface area contributed by atoms with Crippen LogP contribution in [0.3, 0.4) is 0 Å². The molecule has 0 saturated carbocycles. The minimum Gasteiger partial charge on any atom is -0.509 e. The number of hydrogen-bond donors (Lipinski definition) is 0. The van der Waals surface area contributed by atoms with E-state index in [0.717, 1.165) is 56.7 Å². The van der Waals surface area contributed by atoms with Crippen LogP contribution in [0.1, 0.15) is 50.2 Å². The molecule has 0 aliphatic rings. The summed E-state index contributed by atoms with van der Waals surface area (Å²) in [7, 11) is 0. The summed E-state index contributed by atoms with van der Waals surface area (Å²) in [5, 5.41) is 7.19. The first kappa shape index (κ1) is 31.5. The van der Waals surface area contributed by atoms with Crippen LogP contribution in [-0.2, 0) is 32.9 Å². The Morgan fingerprint density at radius 3 is 2.39 bits per heavy atom. The molecule has 0 amide bonds. The molecule has 7 rings (SSSR count). The SMILES string of the molecule is CCc1ccnc(-n2c3[c-]c(Oc4[c-]c(-n5nc(C)c(-c6cccc(C(C)(C)C)c6)c5C)ccc4)ccc3c3ccccc32)c1.[Pt+2]. The second kappa shape index (κ2) is 12.4. The molecular weight excluding hydrogens is 748 g/mol. The quantitative estimate of drug-likeness (QED) is 0.158. The zero-order valence-electron chi connectivity index (χ0n) is 27.0. The van der Waals surface area contributed by atoms with Gasteiger partial charge in [-0.25, -0.2) is 4.98 Å². The number of fused-ring (bicyclic) bond motifs is 3. The second-order valence-corrected chi connectivity index (χ2v) is 12.6. The van der Waals surface area contributed by atoms with Crippen molar-refractivity contribution in [3.8, 4) is 34.1 Å². The number of nitrogens with zero attached hydrogens (tertiary/aromatic N) is 4. The van der Waals surface area contributed by atoms with Crippen LogP contribution in [0.4, 0.5) is 0 Å². The van der Waals surface area contributed by atoms with Crippen molar-refractivity contribution in [2.24, 2.45) is 0 Å². The molecule has 0 unspecified atom stereocenters. The fourth-order valence-electron chi connectivity index (χ4n) is 6.15. The van der Waals surface area contributed by atoms with Gasteiger partial charge in [0.1, 0.15) is 5.82 Å². The Balaban J connectivity index is 0.00000372. The van der Waals surface area contributed by atoms with Gasteiger partial charge in [-0.3, -0.25) is 4.68 Å². The predicted octanol–water partition coefficient (Wildman–Crippen LogP) is 9.90. The third-order valence-corrected chi connectivity index (χ3v) is 8.51. The predicted molar refractivity (Wildman–Crippen MR) is 183 cm³/mol. The minimum absolute atomic E-state index is 0. The van der Waals surface area contributed by atoms with E-state index >= 15 is 0 Å². The number of aryl methyl sites for hydroxylation is 2. The Morgan fingerprint density at radius 2 is 1.59 bits per heavy atom. The van der Waals surface area contributed by atoms with Crippen LogP contribution in [0.2, 0.25) is 0 Å². The summed E-state index contributed by atoms with van der Waals surface area (Å²) in [6.07, 6.45) is 2.82. The molecular formula is C40H36N4OPt. The van der Waals surface area contributed by atoms with Crippen molar-refractivity contribution in [1.29, 1.82) is 0 Å². The van der Waals surface area contributed by atoms with Crippen LogP contribution >= 0.6 is 0 Å². The van der Waals surface area contributed by atoms with Gasteiger partial charge in [-0.15, -0.1) is 35.7 Å². The van der Waals surface area contributed by atoms with Gasteiger partial charge in [-0.2, -0.15) is 17.2 Å². The molecule has 0 spiro atoms. The second-order valence-electron chi connectivity index (χ2n) is 12.6. The molecule has 0 saturated heterocycles. The molecule has 0 aliphatic carbocycles. The molecule has 0 aliphatic heterocycles. The van der Waals surface area contributed by atoms with Crippen LogP contribution in [0.15, 0.2) is 97.2 Å². The van der Waals surface area contributed by atoms with Crippen molar-refractivity contribution in [1.82, 2.24) is 19.3 Å². The monoisotopic (exact) mass is 783 g/mol. The molecule has 0 fully saturated rings. The van der Waals surface area contributed by atoms with E-state index in [9.17, 15) is 0 Å². The van der Waals surface area contributed by atoms with E-state index in [1.807, 2.05) is 35.1 Å². The fourth-order valence-corrected chi connectivity index (χ4v) is 6.15. The average Bonchev–Trinajstić information content (AvgIpc) is 3.53. The first-order valence-corrected chi connectivity index (χ1v) is 15.5. The van der Waals surface area contributed by atoms with Gasteiger partial charge in [-0.05, 0) is 71.6 Å². The van der Waals surface area contributed by atoms with Gasteiger partial charge in [-0.1, -0.05) is 75.7 Å². The number of para-hydroxylation sites is 1. The van der Waals surface area contributed by atoms with Crippen molar-refractivity contribution in [3.05, 3.63) is 132 Å². The fraction of sp³-hybridized carbons (Fsp3) is 0.200. The van der Waals surface area contributed by atoms with Crippen LogP contribution in [0.25, 0.3) is 44.4 Å². The zero-order valence-corrected chi connectivity index (χ0v) is 29.2. The van der Waals surface area contributed by atoms with Gasteiger partial charge < -0.3 is 9.30 Å². The molecule has 3 heterocycles. The molecule has 0 atom stereocenters. The van der Waals surface area contributed by atoms with E-state index in [4.69, 9.17) is 14.8 Å². The summed E-state index contributed by atoms with van der Waals surface area (Å²) in [5.74, 6) is 2.08. The average molecular weight is 784 g/mol. The molecule has 4 aromatic carbocycles. The molecule has 5 nitrogen and oxygen atoms in total. The van der Waals surface area contributed by atoms with Crippen molar-refractivity contribution in [2.75, 3.05) is 0 Å². The maximum atomic E-state index is 6.41. The Morgan fingerprint density at radius 1 is 0.804 bits per heavy atom. The smallest absolute Gasteiger partial charge is 0.509 e. The number of benzene rings is 4. The Labute approximate surface area is 285 Å². The van der Waals surface area contributed by atoms with Crippen molar-refractivity contribution >= 4 is 21.8 Å². The van der Waals surface area contributed by atoms with Crippen molar-refractivity contribution in [2.45, 2.75) is 53.4 Å². The van der Waals surface area contributed by atoms with E-state index in [1.165, 1.54) is 16.7 Å². The molecule has 3 aromatic heterocycles. The van der Waals surface area contributed by atoms with Gasteiger partial charge in [0.15, 0.2) is 0 Å². The van der Waals surface area contributed by atoms with Crippen LogP contribution in [0.5, 0.6) is 11.5 Å². The van der Waals surface area contributed by atoms with Crippen molar-refractivity contribution in [3.63, 3.8) is 0 Å². The molecule has 0 N–H and O–H groups in total. The van der Waals surface area contributed by atoms with Gasteiger partial charge >= 0.3 is 21.1 Å². The third kappa shape index (κ3) is 5.69. The third-order valence-electron chi connectivity index (χ3n) is 8.51. The normalized spacial score (nSPS) is 11.6. The first-order chi connectivity index (χ1) is 21.7. The number of hydrogen-bond acceptors (Lipinski definition) is 3. The van der Waals surface area contributed by atoms with Gasteiger partial charge in [0.05, 0.1) is 5.69 Å². The molecule has 7 aromatic rings. The van der Waals surface area contributed by atoms with E-state index in [-0.39, 0.29) is 26.5 Å². The largest absolute Gasteiger partial charge is 2.00 e. The summed E-state index contributed by atoms with van der Waals surface area (Å²) in [6, 6.07) is 38.4. The van der Waals surface area contributed by atoms with Crippen molar-refractivity contribution < 1.29 is 25.8 Å². The Bertz CT molecular complexity index is 2200. The summed E-state index contributed by atoms with van der Waals surface area (Å²) in [6.45, 7) is 13.1. The maximum Gasteiger partial charge on any atom is 2.00 e. The van der Waals surface area contributed by atoms with E-state index < -0.39 is 0 Å². The standard InChI is InChI=1S/C40H36N4O.Pt/c1-7-28-20-21-41-38(22-28)43-36-17-9-8-16-34(36)35-19-18-33(25-37(35)43)45-32-15-11-14-31(24-32)44-27(3)39(26(2)42-44)29-12-10-13-30(23-29)40(4,5)6;/h8-23H,7H2,1-6H3;/q-2;+2. The van der Waals surface area contributed by atoms with Gasteiger partial charge in [0.25, 0.3) is 0 Å². The molecule has 0 bridgehead atoms. The number of aromatic nitrogens is 4.